The number of benzene rings is 2. The second kappa shape index (κ2) is 10.1. The minimum atomic E-state index is -3.61. The fraction of sp³-hybridized carbons (Fsp3) is 0.350. The van der Waals surface area contributed by atoms with E-state index in [2.05, 4.69) is 5.32 Å². The van der Waals surface area contributed by atoms with Gasteiger partial charge in [0, 0.05) is 12.7 Å². The van der Waals surface area contributed by atoms with Crippen LogP contribution in [0.25, 0.3) is 0 Å². The molecule has 1 saturated heterocycles. The number of hydrogen-bond donors (Lipinski definition) is 1. The van der Waals surface area contributed by atoms with Gasteiger partial charge in [-0.2, -0.15) is 13.5 Å². The number of nitrogens with one attached hydrogen (secondary N) is 1. The Morgan fingerprint density at radius 2 is 1.90 bits per heavy atom. The molecule has 0 aliphatic carbocycles. The molecule has 1 heterocycles. The first-order valence-electron chi connectivity index (χ1n) is 8.97. The van der Waals surface area contributed by atoms with Crippen LogP contribution >= 0.6 is 13.5 Å². The maximum absolute atomic E-state index is 13.4. The van der Waals surface area contributed by atoms with Crippen molar-refractivity contribution in [3.63, 3.8) is 0 Å². The molecule has 0 aromatic heterocycles. The van der Waals surface area contributed by atoms with E-state index in [1.807, 2.05) is 0 Å². The van der Waals surface area contributed by atoms with Crippen LogP contribution in [0.1, 0.15) is 16.8 Å². The molecule has 1 amide bonds. The minimum Gasteiger partial charge on any atom is -0.496 e. The van der Waals surface area contributed by atoms with Gasteiger partial charge in [-0.3, -0.25) is 4.79 Å². The lowest BCUT2D eigenvalue weighted by molar-refractivity contribution is 0.102. The van der Waals surface area contributed by atoms with Gasteiger partial charge in [0.25, 0.3) is 5.91 Å². The Balaban J connectivity index is 0.00000320. The first kappa shape index (κ1) is 24.0. The van der Waals surface area contributed by atoms with E-state index >= 15 is 0 Å². The molecule has 7 nitrogen and oxygen atoms in total. The van der Waals surface area contributed by atoms with Crippen LogP contribution in [0.4, 0.5) is 10.1 Å². The van der Waals surface area contributed by atoms with Crippen LogP contribution in [0.15, 0.2) is 41.3 Å². The molecule has 1 aliphatic rings. The van der Waals surface area contributed by atoms with E-state index in [9.17, 15) is 17.6 Å². The summed E-state index contributed by atoms with van der Waals surface area (Å²) in [5, 5.41) is 2.61. The molecule has 0 radical (unpaired) electrons. The van der Waals surface area contributed by atoms with E-state index in [-0.39, 0.29) is 52.8 Å². The highest BCUT2D eigenvalue weighted by Gasteiger charge is 2.26. The molecule has 30 heavy (non-hydrogen) atoms. The van der Waals surface area contributed by atoms with Crippen molar-refractivity contribution in [1.82, 2.24) is 0 Å². The number of anilines is 1. The molecular formula is C20H24FNO6S2. The number of ether oxygens (including phenoxy) is 3. The van der Waals surface area contributed by atoms with Gasteiger partial charge >= 0.3 is 0 Å². The summed E-state index contributed by atoms with van der Waals surface area (Å²) in [6, 6.07) is 7.82. The summed E-state index contributed by atoms with van der Waals surface area (Å²) in [4.78, 5) is 12.8. The summed E-state index contributed by atoms with van der Waals surface area (Å²) in [6.07, 6.45) is 0.688. The third kappa shape index (κ3) is 5.44. The van der Waals surface area contributed by atoms with Gasteiger partial charge in [-0.25, -0.2) is 12.8 Å². The highest BCUT2D eigenvalue weighted by Crippen LogP contribution is 2.29. The topological polar surface area (TPSA) is 90.9 Å². The zero-order valence-electron chi connectivity index (χ0n) is 16.6. The Morgan fingerprint density at radius 3 is 2.53 bits per heavy atom. The van der Waals surface area contributed by atoms with Gasteiger partial charge in [-0.1, -0.05) is 0 Å². The second-order valence-corrected chi connectivity index (χ2v) is 8.71. The van der Waals surface area contributed by atoms with E-state index in [1.165, 1.54) is 44.6 Å². The monoisotopic (exact) mass is 457 g/mol. The molecule has 1 fully saturated rings. The number of carbonyl (C=O) groups is 1. The molecule has 2 aromatic carbocycles. The van der Waals surface area contributed by atoms with Crippen molar-refractivity contribution in [3.05, 3.63) is 47.8 Å². The summed E-state index contributed by atoms with van der Waals surface area (Å²) in [6.45, 7) is 0.961. The number of amides is 1. The second-order valence-electron chi connectivity index (χ2n) is 6.67. The molecule has 164 valence electrons. The zero-order chi connectivity index (χ0) is 21.0. The summed E-state index contributed by atoms with van der Waals surface area (Å²) in [5.41, 5.74) is 0.292. The fourth-order valence-electron chi connectivity index (χ4n) is 3.14. The Kier molecular flexibility index (Phi) is 8.10. The Labute approximate surface area is 181 Å². The Hall–Kier alpha value is -2.30. The van der Waals surface area contributed by atoms with Gasteiger partial charge in [0.1, 0.15) is 17.3 Å². The third-order valence-electron chi connectivity index (χ3n) is 4.67. The minimum absolute atomic E-state index is 0. The number of sulfone groups is 1. The van der Waals surface area contributed by atoms with Crippen LogP contribution < -0.4 is 14.8 Å². The quantitative estimate of drug-likeness (QED) is 0.687. The Morgan fingerprint density at radius 1 is 1.17 bits per heavy atom. The van der Waals surface area contributed by atoms with Crippen LogP contribution in [0.2, 0.25) is 0 Å². The zero-order valence-corrected chi connectivity index (χ0v) is 18.4. The molecule has 0 saturated carbocycles. The maximum Gasteiger partial charge on any atom is 0.259 e. The summed E-state index contributed by atoms with van der Waals surface area (Å²) < 4.78 is 54.5. The number of halogens is 1. The van der Waals surface area contributed by atoms with Crippen molar-refractivity contribution in [2.24, 2.45) is 5.92 Å². The SMILES string of the molecule is COc1cc(F)ccc1NC(=O)c1cc(S(=O)(=O)C[C@H]2CCOC2)ccc1OC.S. The van der Waals surface area contributed by atoms with Crippen molar-refractivity contribution in [1.29, 1.82) is 0 Å². The van der Waals surface area contributed by atoms with Crippen molar-refractivity contribution in [2.75, 3.05) is 38.5 Å². The largest absolute Gasteiger partial charge is 0.496 e. The van der Waals surface area contributed by atoms with Gasteiger partial charge in [0.2, 0.25) is 0 Å². The first-order valence-corrected chi connectivity index (χ1v) is 10.6. The molecule has 0 bridgehead atoms. The number of hydrogen-bond acceptors (Lipinski definition) is 6. The van der Waals surface area contributed by atoms with Crippen LogP contribution in [0.3, 0.4) is 0 Å². The van der Waals surface area contributed by atoms with Gasteiger partial charge in [0.05, 0.1) is 42.7 Å². The molecule has 1 atom stereocenters. The molecule has 0 spiro atoms. The van der Waals surface area contributed by atoms with E-state index in [0.29, 0.717) is 19.6 Å². The summed E-state index contributed by atoms with van der Waals surface area (Å²) in [5.74, 6) is -0.877. The molecular weight excluding hydrogens is 433 g/mol. The highest BCUT2D eigenvalue weighted by molar-refractivity contribution is 7.91. The van der Waals surface area contributed by atoms with Crippen molar-refractivity contribution < 1.29 is 31.8 Å². The molecule has 10 heteroatoms. The van der Waals surface area contributed by atoms with Crippen LogP contribution in [0.5, 0.6) is 11.5 Å². The van der Waals surface area contributed by atoms with E-state index in [0.717, 1.165) is 6.07 Å². The van der Waals surface area contributed by atoms with Crippen molar-refractivity contribution in [3.8, 4) is 11.5 Å². The molecule has 2 aromatic rings. The summed E-state index contributed by atoms with van der Waals surface area (Å²) in [7, 11) is -0.870. The van der Waals surface area contributed by atoms with E-state index in [4.69, 9.17) is 14.2 Å². The van der Waals surface area contributed by atoms with Gasteiger partial charge in [-0.15, -0.1) is 0 Å². The Bertz CT molecular complexity index is 1010. The number of methoxy groups -OCH3 is 2. The number of carbonyl (C=O) groups excluding carboxylic acids is 1. The first-order chi connectivity index (χ1) is 13.8. The predicted octanol–water partition coefficient (Wildman–Crippen LogP) is 3.02. The smallest absolute Gasteiger partial charge is 0.259 e. The average molecular weight is 458 g/mol. The highest BCUT2D eigenvalue weighted by atomic mass is 32.2. The molecule has 0 unspecified atom stereocenters. The van der Waals surface area contributed by atoms with Crippen molar-refractivity contribution >= 4 is 34.9 Å². The van der Waals surface area contributed by atoms with E-state index < -0.39 is 21.6 Å². The van der Waals surface area contributed by atoms with Gasteiger partial charge in [-0.05, 0) is 42.7 Å². The summed E-state index contributed by atoms with van der Waals surface area (Å²) >= 11 is 0. The molecule has 1 aliphatic heterocycles. The molecule has 1 N–H and O–H groups in total. The van der Waals surface area contributed by atoms with Crippen LogP contribution in [-0.4, -0.2) is 47.5 Å². The maximum atomic E-state index is 13.4. The predicted molar refractivity (Wildman–Crippen MR) is 115 cm³/mol. The average Bonchev–Trinajstić information content (AvgIpc) is 3.20. The van der Waals surface area contributed by atoms with Gasteiger partial charge in [0.15, 0.2) is 9.84 Å². The van der Waals surface area contributed by atoms with Crippen molar-refractivity contribution in [2.45, 2.75) is 11.3 Å². The lowest BCUT2D eigenvalue weighted by Crippen LogP contribution is -2.18. The lowest BCUT2D eigenvalue weighted by Gasteiger charge is -2.14. The van der Waals surface area contributed by atoms with Crippen LogP contribution in [0, 0.1) is 11.7 Å². The molecule has 3 rings (SSSR count). The lowest BCUT2D eigenvalue weighted by atomic mass is 10.1. The van der Waals surface area contributed by atoms with Gasteiger partial charge < -0.3 is 19.5 Å². The fourth-order valence-corrected chi connectivity index (χ4v) is 4.79. The number of rotatable bonds is 7. The van der Waals surface area contributed by atoms with Crippen LogP contribution in [-0.2, 0) is 14.6 Å². The van der Waals surface area contributed by atoms with E-state index in [1.54, 1.807) is 0 Å². The third-order valence-corrected chi connectivity index (χ3v) is 6.55. The normalized spacial score (nSPS) is 15.9. The standard InChI is InChI=1S/C20H22FNO6S.H2S/c1-26-18-6-4-15(29(24,25)12-13-7-8-28-11-13)10-16(18)20(23)22-17-5-3-14(21)9-19(17)27-2;/h3-6,9-10,13H,7-8,11-12H2,1-2H3,(H,22,23);1H2/t13-;/m0./s1.